The highest BCUT2D eigenvalue weighted by Gasteiger charge is 2.21. The normalized spacial score (nSPS) is 20.0. The van der Waals surface area contributed by atoms with Crippen molar-refractivity contribution in [1.29, 1.82) is 5.26 Å². The minimum absolute atomic E-state index is 0.0494. The van der Waals surface area contributed by atoms with Gasteiger partial charge in [0.05, 0.1) is 4.24 Å². The van der Waals surface area contributed by atoms with E-state index in [2.05, 4.69) is 0 Å². The van der Waals surface area contributed by atoms with Crippen LogP contribution in [0.3, 0.4) is 0 Å². The largest absolute Gasteiger partial charge is 0.477 e. The van der Waals surface area contributed by atoms with E-state index < -0.39 is 5.97 Å². The molecule has 0 spiro atoms. The molecule has 2 rings (SSSR count). The summed E-state index contributed by atoms with van der Waals surface area (Å²) in [5.41, 5.74) is -0.0494. The standard InChI is InChI=1S/C18H27NO2S2/c19-11-16(17(20)21)18(22-12-14-7-3-1-4-8-14)23-13-15-9-5-2-6-10-15/h14-15H,1-10,12-13H2,(H,20,21). The SMILES string of the molecule is N#CC(C(=O)O)=C(SCC1CCCCC1)SCC1CCCCC1. The third-order valence-electron chi connectivity index (χ3n) is 4.88. The predicted octanol–water partition coefficient (Wildman–Crippen LogP) is 5.43. The zero-order chi connectivity index (χ0) is 16.5. The lowest BCUT2D eigenvalue weighted by atomic mass is 9.91. The summed E-state index contributed by atoms with van der Waals surface area (Å²) in [6, 6.07) is 1.92. The topological polar surface area (TPSA) is 61.1 Å². The molecule has 5 heteroatoms. The van der Waals surface area contributed by atoms with Crippen molar-refractivity contribution < 1.29 is 9.90 Å². The smallest absolute Gasteiger partial charge is 0.348 e. The predicted molar refractivity (Wildman–Crippen MR) is 98.3 cm³/mol. The van der Waals surface area contributed by atoms with Gasteiger partial charge in [0.25, 0.3) is 0 Å². The van der Waals surface area contributed by atoms with Crippen molar-refractivity contribution in [2.45, 2.75) is 64.2 Å². The first kappa shape index (κ1) is 18.7. The molecule has 0 radical (unpaired) electrons. The van der Waals surface area contributed by atoms with Crippen LogP contribution in [0.5, 0.6) is 0 Å². The van der Waals surface area contributed by atoms with E-state index in [0.29, 0.717) is 11.8 Å². The number of carbonyl (C=O) groups is 1. The van der Waals surface area contributed by atoms with E-state index in [1.165, 1.54) is 64.2 Å². The van der Waals surface area contributed by atoms with Crippen molar-refractivity contribution >= 4 is 29.5 Å². The van der Waals surface area contributed by atoms with Gasteiger partial charge in [-0.3, -0.25) is 0 Å². The first-order valence-corrected chi connectivity index (χ1v) is 10.8. The molecule has 0 aromatic heterocycles. The number of hydrogen-bond acceptors (Lipinski definition) is 4. The maximum absolute atomic E-state index is 11.4. The quantitative estimate of drug-likeness (QED) is 0.488. The molecule has 0 unspecified atom stereocenters. The lowest BCUT2D eigenvalue weighted by Gasteiger charge is -2.23. The average Bonchev–Trinajstić information content (AvgIpc) is 2.59. The molecule has 1 N–H and O–H groups in total. The number of rotatable bonds is 7. The molecular weight excluding hydrogens is 326 g/mol. The molecule has 0 amide bonds. The molecule has 128 valence electrons. The summed E-state index contributed by atoms with van der Waals surface area (Å²) in [7, 11) is 0. The molecule has 2 aliphatic rings. The van der Waals surface area contributed by atoms with E-state index >= 15 is 0 Å². The Morgan fingerprint density at radius 3 is 1.70 bits per heavy atom. The zero-order valence-electron chi connectivity index (χ0n) is 13.8. The molecule has 2 fully saturated rings. The van der Waals surface area contributed by atoms with Crippen LogP contribution in [-0.4, -0.2) is 22.6 Å². The Bertz CT molecular complexity index is 434. The molecule has 0 heterocycles. The van der Waals surface area contributed by atoms with Crippen molar-refractivity contribution in [1.82, 2.24) is 0 Å². The van der Waals surface area contributed by atoms with Gasteiger partial charge < -0.3 is 5.11 Å². The summed E-state index contributed by atoms with van der Waals surface area (Å²) in [4.78, 5) is 11.4. The van der Waals surface area contributed by atoms with Crippen LogP contribution in [0.15, 0.2) is 9.81 Å². The summed E-state index contributed by atoms with van der Waals surface area (Å²) in [6.07, 6.45) is 12.9. The van der Waals surface area contributed by atoms with Crippen molar-refractivity contribution in [3.63, 3.8) is 0 Å². The molecule has 0 aromatic rings. The molecule has 0 bridgehead atoms. The highest BCUT2D eigenvalue weighted by Crippen LogP contribution is 2.39. The molecule has 0 saturated heterocycles. The molecule has 2 saturated carbocycles. The van der Waals surface area contributed by atoms with Crippen molar-refractivity contribution in [2.24, 2.45) is 11.8 Å². The lowest BCUT2D eigenvalue weighted by Crippen LogP contribution is -2.11. The van der Waals surface area contributed by atoms with Crippen LogP contribution in [-0.2, 0) is 4.79 Å². The Kier molecular flexibility index (Phi) is 8.39. The third kappa shape index (κ3) is 6.43. The van der Waals surface area contributed by atoms with Gasteiger partial charge >= 0.3 is 5.97 Å². The molecular formula is C18H27NO2S2. The number of hydrogen-bond donors (Lipinski definition) is 1. The van der Waals surface area contributed by atoms with Crippen LogP contribution in [0.2, 0.25) is 0 Å². The van der Waals surface area contributed by atoms with Crippen LogP contribution in [0, 0.1) is 23.2 Å². The minimum atomic E-state index is -1.07. The molecule has 3 nitrogen and oxygen atoms in total. The fourth-order valence-corrected chi connectivity index (χ4v) is 6.20. The minimum Gasteiger partial charge on any atom is -0.477 e. The van der Waals surface area contributed by atoms with Gasteiger partial charge in [0.1, 0.15) is 6.07 Å². The van der Waals surface area contributed by atoms with Crippen LogP contribution in [0.25, 0.3) is 0 Å². The number of thioether (sulfide) groups is 2. The summed E-state index contributed by atoms with van der Waals surface area (Å²) < 4.78 is 0.746. The number of carboxylic acids is 1. The molecule has 0 aromatic carbocycles. The summed E-state index contributed by atoms with van der Waals surface area (Å²) in [5, 5.41) is 18.5. The fraction of sp³-hybridized carbons (Fsp3) is 0.778. The Labute approximate surface area is 148 Å². The van der Waals surface area contributed by atoms with Gasteiger partial charge in [-0.1, -0.05) is 38.5 Å². The van der Waals surface area contributed by atoms with E-state index in [1.54, 1.807) is 23.5 Å². The van der Waals surface area contributed by atoms with E-state index in [9.17, 15) is 15.2 Å². The van der Waals surface area contributed by atoms with Crippen LogP contribution in [0.1, 0.15) is 64.2 Å². The van der Waals surface area contributed by atoms with Crippen LogP contribution < -0.4 is 0 Å². The van der Waals surface area contributed by atoms with Gasteiger partial charge in [0.2, 0.25) is 0 Å². The van der Waals surface area contributed by atoms with Crippen molar-refractivity contribution in [2.75, 3.05) is 11.5 Å². The second kappa shape index (κ2) is 10.3. The Balaban J connectivity index is 1.93. The van der Waals surface area contributed by atoms with Gasteiger partial charge in [-0.2, -0.15) is 5.26 Å². The second-order valence-corrected chi connectivity index (χ2v) is 9.03. The van der Waals surface area contributed by atoms with E-state index in [0.717, 1.165) is 15.7 Å². The first-order valence-electron chi connectivity index (χ1n) is 8.84. The van der Waals surface area contributed by atoms with Crippen LogP contribution >= 0.6 is 23.5 Å². The van der Waals surface area contributed by atoms with Crippen molar-refractivity contribution in [3.8, 4) is 6.07 Å². The van der Waals surface area contributed by atoms with Gasteiger partial charge in [-0.15, -0.1) is 23.5 Å². The van der Waals surface area contributed by atoms with Gasteiger partial charge in [-0.25, -0.2) is 4.79 Å². The van der Waals surface area contributed by atoms with E-state index in [1.807, 2.05) is 6.07 Å². The van der Waals surface area contributed by atoms with E-state index in [-0.39, 0.29) is 5.57 Å². The van der Waals surface area contributed by atoms with E-state index in [4.69, 9.17) is 0 Å². The van der Waals surface area contributed by atoms with Gasteiger partial charge in [0.15, 0.2) is 5.57 Å². The summed E-state index contributed by atoms with van der Waals surface area (Å²) in [5.74, 6) is 2.23. The maximum atomic E-state index is 11.4. The highest BCUT2D eigenvalue weighted by atomic mass is 32.2. The average molecular weight is 354 g/mol. The molecule has 23 heavy (non-hydrogen) atoms. The molecule has 0 atom stereocenters. The Morgan fingerprint density at radius 1 is 0.913 bits per heavy atom. The number of aliphatic carboxylic acids is 1. The van der Waals surface area contributed by atoms with Crippen molar-refractivity contribution in [3.05, 3.63) is 9.81 Å². The number of carboxylic acid groups (broad SMARTS) is 1. The Morgan fingerprint density at radius 2 is 1.35 bits per heavy atom. The van der Waals surface area contributed by atoms with Gasteiger partial charge in [-0.05, 0) is 37.5 Å². The highest BCUT2D eigenvalue weighted by molar-refractivity contribution is 8.22. The second-order valence-electron chi connectivity index (χ2n) is 6.71. The molecule has 0 aliphatic heterocycles. The van der Waals surface area contributed by atoms with Gasteiger partial charge in [0, 0.05) is 11.5 Å². The maximum Gasteiger partial charge on any atom is 0.348 e. The third-order valence-corrected chi connectivity index (χ3v) is 7.80. The lowest BCUT2D eigenvalue weighted by molar-refractivity contribution is -0.132. The molecule has 2 aliphatic carbocycles. The van der Waals surface area contributed by atoms with Crippen LogP contribution in [0.4, 0.5) is 0 Å². The first-order chi connectivity index (χ1) is 11.2. The zero-order valence-corrected chi connectivity index (χ0v) is 15.4. The number of nitrogens with zero attached hydrogens (tertiary/aromatic N) is 1. The Hall–Kier alpha value is -0.600. The monoisotopic (exact) mass is 353 g/mol. The summed E-state index contributed by atoms with van der Waals surface area (Å²) >= 11 is 3.23. The number of nitriles is 1. The summed E-state index contributed by atoms with van der Waals surface area (Å²) in [6.45, 7) is 0. The fourth-order valence-electron chi connectivity index (χ4n) is 3.46.